The first kappa shape index (κ1) is 25.6. The molecule has 154 valence electrons. The maximum absolute atomic E-state index is 13.2. The van der Waals surface area contributed by atoms with Crippen LogP contribution in [0, 0.1) is 5.92 Å². The molecule has 0 saturated heterocycles. The number of benzene rings is 2. The minimum atomic E-state index is -5.08. The van der Waals surface area contributed by atoms with Crippen molar-refractivity contribution in [3.05, 3.63) is 59.2 Å². The van der Waals surface area contributed by atoms with E-state index in [1.165, 1.54) is 24.3 Å². The number of alkyl halides is 6. The molecule has 0 saturated carbocycles. The number of carbonyl (C=O) groups excluding carboxylic acids is 1. The summed E-state index contributed by atoms with van der Waals surface area (Å²) in [7, 11) is -0.894. The normalized spacial score (nSPS) is 12.3. The molecular weight excluding hydrogens is 412 g/mol. The summed E-state index contributed by atoms with van der Waals surface area (Å²) in [6, 6.07) is 7.57. The van der Waals surface area contributed by atoms with Crippen molar-refractivity contribution >= 4 is 38.3 Å². The fraction of sp³-hybridized carbons (Fsp3) is 0.316. The molecule has 0 aliphatic heterocycles. The van der Waals surface area contributed by atoms with E-state index in [9.17, 15) is 31.1 Å². The molecule has 1 atom stereocenters. The summed E-state index contributed by atoms with van der Waals surface area (Å²) < 4.78 is 84.6. The van der Waals surface area contributed by atoms with Gasteiger partial charge in [-0.3, -0.25) is 4.79 Å². The Hall–Kier alpha value is -1.48. The Morgan fingerprint density at radius 3 is 1.83 bits per heavy atom. The summed E-state index contributed by atoms with van der Waals surface area (Å²) in [4.78, 5) is 12.4. The Balaban J connectivity index is 0.00000420. The number of rotatable bonds is 6. The molecule has 1 unspecified atom stereocenters. The first-order chi connectivity index (χ1) is 12.9. The zero-order chi connectivity index (χ0) is 21.1. The fourth-order valence-electron chi connectivity index (χ4n) is 2.36. The van der Waals surface area contributed by atoms with Gasteiger partial charge in [-0.25, -0.2) is 0 Å². The molecule has 2 rings (SSSR count). The molecule has 0 spiro atoms. The van der Waals surface area contributed by atoms with Crippen molar-refractivity contribution in [1.82, 2.24) is 0 Å². The van der Waals surface area contributed by atoms with E-state index in [-0.39, 0.29) is 24.8 Å². The number of hydrogen-bond donors (Lipinski definition) is 0. The molecule has 0 aliphatic rings. The van der Waals surface area contributed by atoms with Gasteiger partial charge in [0.2, 0.25) is 0 Å². The first-order valence-electron chi connectivity index (χ1n) is 8.21. The zero-order valence-electron chi connectivity index (χ0n) is 14.9. The second-order valence-electron chi connectivity index (χ2n) is 6.41. The molecule has 29 heavy (non-hydrogen) atoms. The van der Waals surface area contributed by atoms with Gasteiger partial charge in [-0.2, -0.15) is 26.3 Å². The number of carbonyl (C=O) groups is 1. The predicted molar refractivity (Wildman–Crippen MR) is 103 cm³/mol. The zero-order valence-corrected chi connectivity index (χ0v) is 15.9. The van der Waals surface area contributed by atoms with Gasteiger partial charge in [0.05, 0.1) is 17.7 Å². The summed E-state index contributed by atoms with van der Waals surface area (Å²) in [5.74, 6) is 0.782. The number of halogens is 6. The fourth-order valence-corrected chi connectivity index (χ4v) is 3.35. The van der Waals surface area contributed by atoms with E-state index in [4.69, 9.17) is 4.74 Å². The van der Waals surface area contributed by atoms with Crippen LogP contribution in [-0.2, 0) is 12.4 Å². The van der Waals surface area contributed by atoms with Crippen LogP contribution in [0.2, 0.25) is 0 Å². The van der Waals surface area contributed by atoms with Gasteiger partial charge in [0, 0.05) is 5.56 Å². The van der Waals surface area contributed by atoms with E-state index in [1.54, 1.807) is 0 Å². The third kappa shape index (κ3) is 7.06. The van der Waals surface area contributed by atoms with Gasteiger partial charge in [-0.1, -0.05) is 32.0 Å². The summed E-state index contributed by atoms with van der Waals surface area (Å²) in [5.41, 5.74) is -5.74. The van der Waals surface area contributed by atoms with E-state index >= 15 is 0 Å². The summed E-state index contributed by atoms with van der Waals surface area (Å²) in [5, 5.41) is 0.312. The van der Waals surface area contributed by atoms with Crippen LogP contribution in [0.25, 0.3) is 0 Å². The molecule has 10 heteroatoms. The summed E-state index contributed by atoms with van der Waals surface area (Å²) in [6.45, 7) is 4.35. The molecule has 0 aliphatic carbocycles. The van der Waals surface area contributed by atoms with Crippen LogP contribution in [0.15, 0.2) is 42.5 Å². The average Bonchev–Trinajstić information content (AvgIpc) is 2.59. The summed E-state index contributed by atoms with van der Waals surface area (Å²) >= 11 is 0. The molecule has 2 aromatic carbocycles. The SMILES string of the molecule is CC(C)COc1ccc(PC(=O)c2c(C(F)(F)F)cccc2C(F)(F)F)cc1.[LiH]. The van der Waals surface area contributed by atoms with E-state index < -0.39 is 43.1 Å². The standard InChI is InChI=1S/C19H17F6O2P.Li.H/c1-11(2)10-27-12-6-8-13(9-7-12)28-17(26)16-14(18(20,21)22)4-3-5-15(16)19(23,24)25;;/h3-9,11,28H,10H2,1-2H3;;. The third-order valence-electron chi connectivity index (χ3n) is 3.60. The van der Waals surface area contributed by atoms with Crippen molar-refractivity contribution < 1.29 is 35.9 Å². The Labute approximate surface area is 178 Å². The van der Waals surface area contributed by atoms with Crippen LogP contribution in [0.4, 0.5) is 26.3 Å². The van der Waals surface area contributed by atoms with E-state index in [0.29, 0.717) is 35.9 Å². The van der Waals surface area contributed by atoms with Crippen LogP contribution in [-0.4, -0.2) is 31.0 Å². The Bertz CT molecular complexity index is 800. The van der Waals surface area contributed by atoms with E-state index in [1.807, 2.05) is 13.8 Å². The van der Waals surface area contributed by atoms with Crippen molar-refractivity contribution in [3.8, 4) is 5.75 Å². The molecule has 2 nitrogen and oxygen atoms in total. The van der Waals surface area contributed by atoms with Crippen molar-refractivity contribution in [2.75, 3.05) is 6.61 Å². The Morgan fingerprint density at radius 2 is 1.41 bits per heavy atom. The van der Waals surface area contributed by atoms with E-state index in [2.05, 4.69) is 0 Å². The monoisotopic (exact) mass is 430 g/mol. The molecule has 2 aromatic rings. The molecule has 0 bridgehead atoms. The number of hydrogen-bond acceptors (Lipinski definition) is 2. The van der Waals surface area contributed by atoms with Crippen molar-refractivity contribution in [2.45, 2.75) is 26.2 Å². The third-order valence-corrected chi connectivity index (χ3v) is 4.70. The van der Waals surface area contributed by atoms with Crippen molar-refractivity contribution in [2.24, 2.45) is 5.92 Å². The van der Waals surface area contributed by atoms with Gasteiger partial charge >= 0.3 is 31.2 Å². The van der Waals surface area contributed by atoms with E-state index in [0.717, 1.165) is 0 Å². The molecular formula is C19H18F6LiO2P. The quantitative estimate of drug-likeness (QED) is 0.355. The summed E-state index contributed by atoms with van der Waals surface area (Å²) in [6.07, 6.45) is -10.2. The molecule has 0 N–H and O–H groups in total. The molecule has 0 heterocycles. The van der Waals surface area contributed by atoms with Crippen molar-refractivity contribution in [3.63, 3.8) is 0 Å². The van der Waals surface area contributed by atoms with Gasteiger partial charge in [0.25, 0.3) is 0 Å². The maximum atomic E-state index is 13.2. The van der Waals surface area contributed by atoms with Crippen LogP contribution in [0.1, 0.15) is 35.3 Å². The van der Waals surface area contributed by atoms with Gasteiger partial charge in [-0.05, 0) is 44.1 Å². The van der Waals surface area contributed by atoms with Gasteiger partial charge in [0.15, 0.2) is 5.52 Å². The second-order valence-corrected chi connectivity index (χ2v) is 7.69. The van der Waals surface area contributed by atoms with Gasteiger partial charge < -0.3 is 4.74 Å². The molecule has 0 radical (unpaired) electrons. The Morgan fingerprint density at radius 1 is 0.931 bits per heavy atom. The molecule has 0 fully saturated rings. The van der Waals surface area contributed by atoms with Gasteiger partial charge in [0.1, 0.15) is 5.75 Å². The molecule has 0 amide bonds. The second kappa shape index (κ2) is 10.0. The minimum absolute atomic E-state index is 0. The number of ether oxygens (including phenoxy) is 1. The van der Waals surface area contributed by atoms with Crippen LogP contribution < -0.4 is 10.0 Å². The van der Waals surface area contributed by atoms with Crippen LogP contribution in [0.3, 0.4) is 0 Å². The Kier molecular flexibility index (Phi) is 8.83. The van der Waals surface area contributed by atoms with Crippen LogP contribution in [0.5, 0.6) is 5.75 Å². The predicted octanol–water partition coefficient (Wildman–Crippen LogP) is 5.25. The van der Waals surface area contributed by atoms with Gasteiger partial charge in [-0.15, -0.1) is 0 Å². The van der Waals surface area contributed by atoms with Crippen LogP contribution >= 0.6 is 8.58 Å². The average molecular weight is 430 g/mol. The first-order valence-corrected chi connectivity index (χ1v) is 9.21. The topological polar surface area (TPSA) is 26.3 Å². The van der Waals surface area contributed by atoms with Crippen molar-refractivity contribution in [1.29, 1.82) is 0 Å². The molecule has 0 aromatic heterocycles.